The normalized spacial score (nSPS) is 32.5. The van der Waals surface area contributed by atoms with Crippen LogP contribution in [0.1, 0.15) is 13.8 Å². The Kier molecular flexibility index (Phi) is 5.80. The summed E-state index contributed by atoms with van der Waals surface area (Å²) in [5.41, 5.74) is 0. The van der Waals surface area contributed by atoms with Gasteiger partial charge in [0.1, 0.15) is 24.9 Å². The van der Waals surface area contributed by atoms with Crippen molar-refractivity contribution in [2.24, 2.45) is 0 Å². The van der Waals surface area contributed by atoms with E-state index in [9.17, 15) is 4.79 Å². The first-order valence-corrected chi connectivity index (χ1v) is 6.86. The molecule has 2 rings (SSSR count). The smallest absolute Gasteiger partial charge is 0.457 e. The maximum Gasteiger partial charge on any atom is 0.457 e. The van der Waals surface area contributed by atoms with Gasteiger partial charge < -0.3 is 28.3 Å². The van der Waals surface area contributed by atoms with Crippen molar-refractivity contribution < 1.29 is 33.1 Å². The molecule has 0 saturated carbocycles. The fourth-order valence-corrected chi connectivity index (χ4v) is 2.29. The van der Waals surface area contributed by atoms with Gasteiger partial charge in [0.25, 0.3) is 0 Å². The minimum Gasteiger partial charge on any atom is -0.463 e. The van der Waals surface area contributed by atoms with E-state index in [1.165, 1.54) is 6.92 Å². The van der Waals surface area contributed by atoms with E-state index in [4.69, 9.17) is 28.3 Å². The van der Waals surface area contributed by atoms with Gasteiger partial charge in [-0.25, -0.2) is 0 Å². The Labute approximate surface area is 118 Å². The highest BCUT2D eigenvalue weighted by Crippen LogP contribution is 2.34. The number of hydrogen-bond acceptors (Lipinski definition) is 7. The molecule has 2 fully saturated rings. The van der Waals surface area contributed by atoms with Crippen LogP contribution in [-0.4, -0.2) is 64.6 Å². The Bertz CT molecular complexity index is 327. The Morgan fingerprint density at radius 3 is 2.65 bits per heavy atom. The standard InChI is InChI=1S/C12H21BO7/c1-4-13-19-10-9(7-17-8(2)14)18-12(11(10)20-13)16-6-5-15-3/h9-12H,4-7H2,1-3H3/t9-,10+,11+,12-/m1/s1. The fourth-order valence-electron chi connectivity index (χ4n) is 2.29. The molecular formula is C12H21BO7. The molecule has 2 heterocycles. The fraction of sp³-hybridized carbons (Fsp3) is 0.917. The Morgan fingerprint density at radius 2 is 2.00 bits per heavy atom. The minimum absolute atomic E-state index is 0.139. The largest absolute Gasteiger partial charge is 0.463 e. The molecule has 114 valence electrons. The zero-order valence-corrected chi connectivity index (χ0v) is 12.1. The van der Waals surface area contributed by atoms with Crippen LogP contribution in [0.25, 0.3) is 0 Å². The number of methoxy groups -OCH3 is 1. The number of carbonyl (C=O) groups is 1. The van der Waals surface area contributed by atoms with Crippen LogP contribution >= 0.6 is 0 Å². The molecule has 0 unspecified atom stereocenters. The van der Waals surface area contributed by atoms with Crippen LogP contribution in [0.15, 0.2) is 0 Å². The molecule has 2 aliphatic rings. The average Bonchev–Trinajstić information content (AvgIpc) is 2.97. The summed E-state index contributed by atoms with van der Waals surface area (Å²) in [4.78, 5) is 10.9. The van der Waals surface area contributed by atoms with E-state index >= 15 is 0 Å². The van der Waals surface area contributed by atoms with Gasteiger partial charge in [-0.2, -0.15) is 0 Å². The second-order valence-corrected chi connectivity index (χ2v) is 4.75. The van der Waals surface area contributed by atoms with E-state index in [1.54, 1.807) is 7.11 Å². The third kappa shape index (κ3) is 3.70. The van der Waals surface area contributed by atoms with Gasteiger partial charge in [0.05, 0.1) is 13.2 Å². The highest BCUT2D eigenvalue weighted by molar-refractivity contribution is 6.45. The molecule has 0 aromatic carbocycles. The summed E-state index contributed by atoms with van der Waals surface area (Å²) in [5, 5.41) is 0. The summed E-state index contributed by atoms with van der Waals surface area (Å²) in [6.07, 6.45) is -0.706. The molecule has 0 radical (unpaired) electrons. The predicted molar refractivity (Wildman–Crippen MR) is 69.1 cm³/mol. The van der Waals surface area contributed by atoms with Crippen LogP contribution in [-0.2, 0) is 33.1 Å². The lowest BCUT2D eigenvalue weighted by atomic mass is 9.87. The summed E-state index contributed by atoms with van der Waals surface area (Å²) in [5.74, 6) is -0.347. The molecule has 0 aromatic heterocycles. The lowest BCUT2D eigenvalue weighted by Crippen LogP contribution is -2.33. The molecule has 0 bridgehead atoms. The van der Waals surface area contributed by atoms with Gasteiger partial charge in [-0.3, -0.25) is 4.79 Å². The number of esters is 1. The second kappa shape index (κ2) is 7.37. The number of carbonyl (C=O) groups excluding carboxylic acids is 1. The first kappa shape index (κ1) is 15.7. The predicted octanol–water partition coefficient (Wildman–Crippen LogP) is 0.230. The summed E-state index contributed by atoms with van der Waals surface area (Å²) in [6.45, 7) is 4.36. The zero-order valence-electron chi connectivity index (χ0n) is 12.1. The van der Waals surface area contributed by atoms with Crippen molar-refractivity contribution in [3.63, 3.8) is 0 Å². The van der Waals surface area contributed by atoms with Crippen molar-refractivity contribution in [3.05, 3.63) is 0 Å². The topological polar surface area (TPSA) is 72.5 Å². The molecule has 4 atom stereocenters. The van der Waals surface area contributed by atoms with Crippen molar-refractivity contribution in [2.45, 2.75) is 44.8 Å². The number of rotatable bonds is 7. The minimum atomic E-state index is -0.521. The molecule has 2 aliphatic heterocycles. The Balaban J connectivity index is 1.92. The molecule has 0 spiro atoms. The number of ether oxygens (including phenoxy) is 4. The van der Waals surface area contributed by atoms with Gasteiger partial charge in [0.2, 0.25) is 0 Å². The van der Waals surface area contributed by atoms with Gasteiger partial charge in [0, 0.05) is 14.0 Å². The van der Waals surface area contributed by atoms with Gasteiger partial charge in [-0.15, -0.1) is 0 Å². The molecule has 0 N–H and O–H groups in total. The lowest BCUT2D eigenvalue weighted by Gasteiger charge is -2.18. The van der Waals surface area contributed by atoms with Crippen molar-refractivity contribution in [1.82, 2.24) is 0 Å². The van der Waals surface area contributed by atoms with E-state index in [2.05, 4.69) is 0 Å². The second-order valence-electron chi connectivity index (χ2n) is 4.75. The highest BCUT2D eigenvalue weighted by Gasteiger charge is 2.54. The van der Waals surface area contributed by atoms with E-state index < -0.39 is 6.29 Å². The van der Waals surface area contributed by atoms with E-state index in [-0.39, 0.29) is 38.0 Å². The monoisotopic (exact) mass is 288 g/mol. The zero-order chi connectivity index (χ0) is 14.5. The summed E-state index contributed by atoms with van der Waals surface area (Å²) in [6, 6.07) is 0. The molecular weight excluding hydrogens is 267 g/mol. The van der Waals surface area contributed by atoms with Crippen LogP contribution < -0.4 is 0 Å². The van der Waals surface area contributed by atoms with Crippen LogP contribution in [0.2, 0.25) is 6.32 Å². The SMILES string of the molecule is CCB1O[C@@H]2[C@H](OCCOC)O[C@H](COC(C)=O)[C@@H]2O1. The van der Waals surface area contributed by atoms with Crippen LogP contribution in [0.4, 0.5) is 0 Å². The van der Waals surface area contributed by atoms with Crippen molar-refractivity contribution in [3.8, 4) is 0 Å². The van der Waals surface area contributed by atoms with Crippen molar-refractivity contribution in [2.75, 3.05) is 26.9 Å². The number of fused-ring (bicyclic) bond motifs is 1. The van der Waals surface area contributed by atoms with Crippen LogP contribution in [0.5, 0.6) is 0 Å². The van der Waals surface area contributed by atoms with E-state index in [0.717, 1.165) is 6.32 Å². The molecule has 0 amide bonds. The maximum absolute atomic E-state index is 10.9. The Hall–Kier alpha value is -0.665. The first-order valence-electron chi connectivity index (χ1n) is 6.86. The summed E-state index contributed by atoms with van der Waals surface area (Å²) < 4.78 is 32.8. The van der Waals surface area contributed by atoms with Gasteiger partial charge in [-0.05, 0) is 6.32 Å². The van der Waals surface area contributed by atoms with Gasteiger partial charge in [0.15, 0.2) is 6.29 Å². The maximum atomic E-state index is 10.9. The molecule has 0 aliphatic carbocycles. The number of hydrogen-bond donors (Lipinski definition) is 0. The van der Waals surface area contributed by atoms with E-state index in [1.807, 2.05) is 6.92 Å². The molecule has 0 aromatic rings. The highest BCUT2D eigenvalue weighted by atomic mass is 16.8. The van der Waals surface area contributed by atoms with Crippen molar-refractivity contribution >= 4 is 13.1 Å². The third-order valence-electron chi connectivity index (χ3n) is 3.24. The Morgan fingerprint density at radius 1 is 1.25 bits per heavy atom. The lowest BCUT2D eigenvalue weighted by molar-refractivity contribution is -0.178. The third-order valence-corrected chi connectivity index (χ3v) is 3.24. The van der Waals surface area contributed by atoms with E-state index in [0.29, 0.717) is 13.2 Å². The van der Waals surface area contributed by atoms with Gasteiger partial charge >= 0.3 is 13.1 Å². The molecule has 2 saturated heterocycles. The van der Waals surface area contributed by atoms with Gasteiger partial charge in [-0.1, -0.05) is 6.92 Å². The molecule has 7 nitrogen and oxygen atoms in total. The summed E-state index contributed by atoms with van der Waals surface area (Å²) >= 11 is 0. The van der Waals surface area contributed by atoms with Crippen LogP contribution in [0, 0.1) is 0 Å². The molecule has 20 heavy (non-hydrogen) atoms. The van der Waals surface area contributed by atoms with Crippen LogP contribution in [0.3, 0.4) is 0 Å². The average molecular weight is 288 g/mol. The quantitative estimate of drug-likeness (QED) is 0.377. The molecule has 8 heteroatoms. The van der Waals surface area contributed by atoms with Crippen molar-refractivity contribution in [1.29, 1.82) is 0 Å². The first-order chi connectivity index (χ1) is 9.65. The summed E-state index contributed by atoms with van der Waals surface area (Å²) in [7, 11) is 1.34.